The molecule has 1 heterocycles. The Bertz CT molecular complexity index is 377. The number of hydrogen-bond acceptors (Lipinski definition) is 1. The lowest BCUT2D eigenvalue weighted by atomic mass is 9.89. The van der Waals surface area contributed by atoms with Crippen LogP contribution in [0.15, 0.2) is 29.2 Å². The zero-order valence-corrected chi connectivity index (χ0v) is 10.9. The molecule has 1 saturated carbocycles. The van der Waals surface area contributed by atoms with Crippen LogP contribution < -0.4 is 0 Å². The van der Waals surface area contributed by atoms with Crippen molar-refractivity contribution in [3.8, 4) is 0 Å². The highest BCUT2D eigenvalue weighted by molar-refractivity contribution is 7.99. The molecule has 0 nitrogen and oxygen atoms in total. The summed E-state index contributed by atoms with van der Waals surface area (Å²) in [6, 6.07) is 8.88. The van der Waals surface area contributed by atoms with Gasteiger partial charge in [-0.05, 0) is 42.7 Å². The zero-order valence-electron chi connectivity index (χ0n) is 9.36. The summed E-state index contributed by atoms with van der Waals surface area (Å²) in [5.74, 6) is 2.78. The van der Waals surface area contributed by atoms with E-state index < -0.39 is 0 Å². The van der Waals surface area contributed by atoms with Gasteiger partial charge in [-0.3, -0.25) is 0 Å². The molecule has 0 spiro atoms. The fourth-order valence-electron chi connectivity index (χ4n) is 3.05. The Hall–Kier alpha value is -0.140. The van der Waals surface area contributed by atoms with Crippen molar-refractivity contribution in [3.63, 3.8) is 0 Å². The van der Waals surface area contributed by atoms with Crippen molar-refractivity contribution in [1.82, 2.24) is 0 Å². The van der Waals surface area contributed by atoms with E-state index in [9.17, 15) is 0 Å². The number of fused-ring (bicyclic) bond motifs is 1. The number of rotatable bonds is 2. The SMILES string of the molecule is ClC1CCCC1CC1CSc2ccccc21. The first-order chi connectivity index (χ1) is 7.84. The molecule has 3 unspecified atom stereocenters. The zero-order chi connectivity index (χ0) is 11.0. The lowest BCUT2D eigenvalue weighted by Gasteiger charge is -2.18. The van der Waals surface area contributed by atoms with E-state index in [0.29, 0.717) is 5.38 Å². The van der Waals surface area contributed by atoms with Crippen LogP contribution in [0, 0.1) is 5.92 Å². The number of alkyl halides is 1. The van der Waals surface area contributed by atoms with E-state index in [1.807, 2.05) is 11.8 Å². The summed E-state index contributed by atoms with van der Waals surface area (Å²) in [5.41, 5.74) is 1.57. The molecule has 3 atom stereocenters. The van der Waals surface area contributed by atoms with Crippen molar-refractivity contribution in [3.05, 3.63) is 29.8 Å². The molecule has 1 aliphatic heterocycles. The van der Waals surface area contributed by atoms with Crippen molar-refractivity contribution in [2.75, 3.05) is 5.75 Å². The van der Waals surface area contributed by atoms with Crippen molar-refractivity contribution in [2.45, 2.75) is 41.9 Å². The maximum Gasteiger partial charge on any atom is 0.0364 e. The van der Waals surface area contributed by atoms with Crippen LogP contribution in [-0.2, 0) is 0 Å². The van der Waals surface area contributed by atoms with Crippen LogP contribution in [0.4, 0.5) is 0 Å². The van der Waals surface area contributed by atoms with Gasteiger partial charge in [0.1, 0.15) is 0 Å². The predicted octanol–water partition coefficient (Wildman–Crippen LogP) is 4.67. The molecule has 0 bridgehead atoms. The van der Waals surface area contributed by atoms with Gasteiger partial charge in [0.15, 0.2) is 0 Å². The third-order valence-corrected chi connectivity index (χ3v) is 5.78. The van der Waals surface area contributed by atoms with Crippen molar-refractivity contribution < 1.29 is 0 Å². The minimum atomic E-state index is 0.442. The highest BCUT2D eigenvalue weighted by Gasteiger charge is 2.31. The Morgan fingerprint density at radius 2 is 2.12 bits per heavy atom. The van der Waals surface area contributed by atoms with Crippen LogP contribution in [0.3, 0.4) is 0 Å². The van der Waals surface area contributed by atoms with Crippen LogP contribution >= 0.6 is 23.4 Å². The Kier molecular flexibility index (Phi) is 3.17. The third-order valence-electron chi connectivity index (χ3n) is 3.95. The number of hydrogen-bond donors (Lipinski definition) is 0. The second-order valence-corrected chi connectivity index (χ2v) is 6.61. The Morgan fingerprint density at radius 3 is 2.94 bits per heavy atom. The fraction of sp³-hybridized carbons (Fsp3) is 0.571. The molecule has 0 saturated heterocycles. The lowest BCUT2D eigenvalue weighted by Crippen LogP contribution is -2.12. The predicted molar refractivity (Wildman–Crippen MR) is 71.5 cm³/mol. The van der Waals surface area contributed by atoms with Gasteiger partial charge in [-0.25, -0.2) is 0 Å². The van der Waals surface area contributed by atoms with Gasteiger partial charge in [0.25, 0.3) is 0 Å². The summed E-state index contributed by atoms with van der Waals surface area (Å²) in [4.78, 5) is 1.50. The van der Waals surface area contributed by atoms with Gasteiger partial charge in [-0.2, -0.15) is 0 Å². The van der Waals surface area contributed by atoms with E-state index in [4.69, 9.17) is 11.6 Å². The summed E-state index contributed by atoms with van der Waals surface area (Å²) in [7, 11) is 0. The number of halogens is 1. The monoisotopic (exact) mass is 252 g/mol. The Morgan fingerprint density at radius 1 is 1.25 bits per heavy atom. The maximum atomic E-state index is 6.38. The maximum absolute atomic E-state index is 6.38. The summed E-state index contributed by atoms with van der Waals surface area (Å²) in [6.07, 6.45) is 5.21. The molecule has 3 rings (SSSR count). The molecule has 0 radical (unpaired) electrons. The van der Waals surface area contributed by atoms with Crippen LogP contribution in [0.2, 0.25) is 0 Å². The molecule has 86 valence electrons. The van der Waals surface area contributed by atoms with Crippen LogP contribution in [0.25, 0.3) is 0 Å². The van der Waals surface area contributed by atoms with Gasteiger partial charge < -0.3 is 0 Å². The molecule has 0 aromatic heterocycles. The normalized spacial score (nSPS) is 32.9. The van der Waals surface area contributed by atoms with Crippen molar-refractivity contribution >= 4 is 23.4 Å². The molecule has 16 heavy (non-hydrogen) atoms. The number of benzene rings is 1. The van der Waals surface area contributed by atoms with E-state index in [-0.39, 0.29) is 0 Å². The first-order valence-electron chi connectivity index (χ1n) is 6.20. The molecule has 2 aliphatic rings. The first-order valence-corrected chi connectivity index (χ1v) is 7.62. The largest absolute Gasteiger partial charge is 0.125 e. The van der Waals surface area contributed by atoms with E-state index in [1.165, 1.54) is 36.3 Å². The van der Waals surface area contributed by atoms with Gasteiger partial charge in [0, 0.05) is 16.0 Å². The van der Waals surface area contributed by atoms with E-state index in [0.717, 1.165) is 11.8 Å². The summed E-state index contributed by atoms with van der Waals surface area (Å²) in [5, 5.41) is 0.442. The molecule has 1 aromatic carbocycles. The van der Waals surface area contributed by atoms with Crippen LogP contribution in [0.5, 0.6) is 0 Å². The third kappa shape index (κ3) is 2.00. The van der Waals surface area contributed by atoms with Crippen molar-refractivity contribution in [1.29, 1.82) is 0 Å². The molecule has 1 aromatic rings. The highest BCUT2D eigenvalue weighted by atomic mass is 35.5. The van der Waals surface area contributed by atoms with Gasteiger partial charge >= 0.3 is 0 Å². The topological polar surface area (TPSA) is 0 Å². The lowest BCUT2D eigenvalue weighted by molar-refractivity contribution is 0.469. The summed E-state index contributed by atoms with van der Waals surface area (Å²) in [6.45, 7) is 0. The highest BCUT2D eigenvalue weighted by Crippen LogP contribution is 2.45. The van der Waals surface area contributed by atoms with Gasteiger partial charge in [0.2, 0.25) is 0 Å². The fourth-order valence-corrected chi connectivity index (χ4v) is 4.70. The average Bonchev–Trinajstić information content (AvgIpc) is 2.88. The first kappa shape index (κ1) is 11.0. The minimum absolute atomic E-state index is 0.442. The van der Waals surface area contributed by atoms with Crippen LogP contribution in [0.1, 0.15) is 37.2 Å². The molecule has 0 amide bonds. The van der Waals surface area contributed by atoms with Crippen LogP contribution in [-0.4, -0.2) is 11.1 Å². The average molecular weight is 253 g/mol. The summed E-state index contributed by atoms with van der Waals surface area (Å²) >= 11 is 8.39. The second-order valence-electron chi connectivity index (χ2n) is 4.99. The Balaban J connectivity index is 1.73. The van der Waals surface area contributed by atoms with Crippen molar-refractivity contribution in [2.24, 2.45) is 5.92 Å². The van der Waals surface area contributed by atoms with E-state index in [2.05, 4.69) is 24.3 Å². The Labute approximate surface area is 107 Å². The smallest absolute Gasteiger partial charge is 0.0364 e. The molecule has 1 fully saturated rings. The van der Waals surface area contributed by atoms with Gasteiger partial charge in [0.05, 0.1) is 0 Å². The molecule has 0 N–H and O–H groups in total. The quantitative estimate of drug-likeness (QED) is 0.689. The van der Waals surface area contributed by atoms with Gasteiger partial charge in [-0.1, -0.05) is 24.6 Å². The molecule has 2 heteroatoms. The van der Waals surface area contributed by atoms with Gasteiger partial charge in [-0.15, -0.1) is 23.4 Å². The standard InChI is InChI=1S/C14H17ClS/c15-13-6-3-4-10(13)8-11-9-16-14-7-2-1-5-12(11)14/h1-2,5,7,10-11,13H,3-4,6,8-9H2. The molecule has 1 aliphatic carbocycles. The van der Waals surface area contributed by atoms with E-state index >= 15 is 0 Å². The minimum Gasteiger partial charge on any atom is -0.125 e. The van der Waals surface area contributed by atoms with E-state index in [1.54, 1.807) is 5.56 Å². The number of thioether (sulfide) groups is 1. The molecular weight excluding hydrogens is 236 g/mol. The molecular formula is C14H17ClS. The summed E-state index contributed by atoms with van der Waals surface area (Å²) < 4.78 is 0. The second kappa shape index (κ2) is 4.62.